The monoisotopic (exact) mass is 537 g/mol. The van der Waals surface area contributed by atoms with E-state index in [4.69, 9.17) is 51.1 Å². The molecule has 2 N–H and O–H groups in total. The maximum atomic E-state index is 13.3. The number of rotatable bonds is 7. The van der Waals surface area contributed by atoms with Crippen LogP contribution < -0.4 is 15.5 Å². The average Bonchev–Trinajstić information content (AvgIpc) is 2.80. The Balaban J connectivity index is 1.44. The predicted molar refractivity (Wildman–Crippen MR) is 135 cm³/mol. The summed E-state index contributed by atoms with van der Waals surface area (Å²) in [5, 5.41) is 6.44. The Labute approximate surface area is 216 Å². The Morgan fingerprint density at radius 3 is 2.35 bits per heavy atom. The van der Waals surface area contributed by atoms with E-state index in [0.717, 1.165) is 5.56 Å². The molecule has 176 valence electrons. The zero-order valence-electron chi connectivity index (χ0n) is 17.7. The molecule has 0 saturated heterocycles. The molecule has 3 aromatic carbocycles. The van der Waals surface area contributed by atoms with Crippen LogP contribution in [-0.4, -0.2) is 23.4 Å². The van der Waals surface area contributed by atoms with Crippen LogP contribution in [-0.2, 0) is 4.79 Å². The van der Waals surface area contributed by atoms with Crippen LogP contribution in [0.2, 0.25) is 20.1 Å². The van der Waals surface area contributed by atoms with Crippen molar-refractivity contribution in [1.29, 1.82) is 0 Å². The van der Waals surface area contributed by atoms with Crippen molar-refractivity contribution in [2.24, 2.45) is 0 Å². The minimum absolute atomic E-state index is 0.130. The number of nitrogens with zero attached hydrogens (tertiary/aromatic N) is 1. The van der Waals surface area contributed by atoms with Crippen LogP contribution in [0.15, 0.2) is 60.7 Å². The normalized spacial score (nSPS) is 14.9. The van der Waals surface area contributed by atoms with Crippen LogP contribution in [0.1, 0.15) is 34.9 Å². The van der Waals surface area contributed by atoms with Crippen LogP contribution in [0, 0.1) is 0 Å². The summed E-state index contributed by atoms with van der Waals surface area (Å²) in [5.74, 6) is -0.239. The summed E-state index contributed by atoms with van der Waals surface area (Å²) in [6, 6.07) is 16.9. The first-order valence-electron chi connectivity index (χ1n) is 10.3. The largest absolute Gasteiger partial charge is 0.492 e. The Hall–Kier alpha value is -2.64. The Kier molecular flexibility index (Phi) is 7.73. The summed E-state index contributed by atoms with van der Waals surface area (Å²) < 4.78 is 5.62. The minimum Gasteiger partial charge on any atom is -0.492 e. The van der Waals surface area contributed by atoms with E-state index >= 15 is 0 Å². The number of carbonyl (C=O) groups is 2. The molecule has 1 unspecified atom stereocenters. The molecule has 0 saturated carbocycles. The lowest BCUT2D eigenvalue weighted by Crippen LogP contribution is -2.52. The molecule has 0 bridgehead atoms. The second-order valence-electron chi connectivity index (χ2n) is 7.53. The number of ether oxygens (including phenoxy) is 1. The standard InChI is InChI=1S/C24H19Cl4N3O3/c25-15-5-3-14(4-6-15)23-29-20-9-7-16(26)12-18(20)24(33)31(23)30-22(32)2-1-11-34-21-10-8-17(27)13-19(21)28/h3-10,12-13,23,29H,1-2,11H2,(H,30,32). The number of nitrogens with one attached hydrogen (secondary N) is 2. The van der Waals surface area contributed by atoms with Gasteiger partial charge in [-0.05, 0) is 60.5 Å². The number of hydrogen-bond donors (Lipinski definition) is 2. The third-order valence-electron chi connectivity index (χ3n) is 5.11. The van der Waals surface area contributed by atoms with Gasteiger partial charge in [-0.1, -0.05) is 58.5 Å². The van der Waals surface area contributed by atoms with Crippen LogP contribution in [0.4, 0.5) is 5.69 Å². The van der Waals surface area contributed by atoms with Crippen LogP contribution >= 0.6 is 46.4 Å². The Bertz CT molecular complexity index is 1220. The van der Waals surface area contributed by atoms with E-state index < -0.39 is 6.17 Å². The molecule has 0 radical (unpaired) electrons. The van der Waals surface area contributed by atoms with E-state index in [1.165, 1.54) is 5.01 Å². The highest BCUT2D eigenvalue weighted by atomic mass is 35.5. The van der Waals surface area contributed by atoms with E-state index in [2.05, 4.69) is 10.7 Å². The lowest BCUT2D eigenvalue weighted by Gasteiger charge is -2.37. The minimum atomic E-state index is -0.633. The average molecular weight is 539 g/mol. The fraction of sp³-hybridized carbons (Fsp3) is 0.167. The van der Waals surface area contributed by atoms with Crippen molar-refractivity contribution in [2.45, 2.75) is 19.0 Å². The fourth-order valence-corrected chi connectivity index (χ4v) is 4.23. The third-order valence-corrected chi connectivity index (χ3v) is 6.13. The zero-order chi connectivity index (χ0) is 24.2. The first kappa shape index (κ1) is 24.5. The van der Waals surface area contributed by atoms with Gasteiger partial charge < -0.3 is 10.1 Å². The molecule has 4 rings (SSSR count). The molecule has 1 atom stereocenters. The molecule has 34 heavy (non-hydrogen) atoms. The molecular weight excluding hydrogens is 520 g/mol. The maximum Gasteiger partial charge on any atom is 0.276 e. The van der Waals surface area contributed by atoms with Gasteiger partial charge in [0, 0.05) is 27.2 Å². The first-order chi connectivity index (χ1) is 16.3. The summed E-state index contributed by atoms with van der Waals surface area (Å²) in [7, 11) is 0. The molecular formula is C24H19Cl4N3O3. The van der Waals surface area contributed by atoms with E-state index in [1.54, 1.807) is 60.7 Å². The van der Waals surface area contributed by atoms with Crippen molar-refractivity contribution in [2.75, 3.05) is 11.9 Å². The van der Waals surface area contributed by atoms with E-state index in [1.807, 2.05) is 0 Å². The van der Waals surface area contributed by atoms with Crippen molar-refractivity contribution in [3.8, 4) is 5.75 Å². The number of benzene rings is 3. The molecule has 10 heteroatoms. The molecule has 0 aromatic heterocycles. The van der Waals surface area contributed by atoms with Crippen molar-refractivity contribution in [1.82, 2.24) is 10.4 Å². The number of carbonyl (C=O) groups excluding carboxylic acids is 2. The number of halogens is 4. The summed E-state index contributed by atoms with van der Waals surface area (Å²) in [4.78, 5) is 26.0. The molecule has 0 spiro atoms. The zero-order valence-corrected chi connectivity index (χ0v) is 20.7. The van der Waals surface area contributed by atoms with Crippen LogP contribution in [0.25, 0.3) is 0 Å². The van der Waals surface area contributed by atoms with Crippen molar-refractivity contribution in [3.05, 3.63) is 91.9 Å². The molecule has 3 aromatic rings. The number of fused-ring (bicyclic) bond motifs is 1. The number of hydrogen-bond acceptors (Lipinski definition) is 4. The second-order valence-corrected chi connectivity index (χ2v) is 9.24. The topological polar surface area (TPSA) is 70.7 Å². The van der Waals surface area contributed by atoms with E-state index in [-0.39, 0.29) is 24.8 Å². The molecule has 0 fully saturated rings. The summed E-state index contributed by atoms with van der Waals surface area (Å²) >= 11 is 24.1. The highest BCUT2D eigenvalue weighted by molar-refractivity contribution is 6.35. The number of amides is 2. The Morgan fingerprint density at radius 1 is 0.941 bits per heavy atom. The smallest absolute Gasteiger partial charge is 0.276 e. The van der Waals surface area contributed by atoms with Gasteiger partial charge in [0.15, 0.2) is 0 Å². The highest BCUT2D eigenvalue weighted by Crippen LogP contribution is 2.34. The second kappa shape index (κ2) is 10.7. The number of hydrazine groups is 1. The molecule has 1 heterocycles. The van der Waals surface area contributed by atoms with Gasteiger partial charge in [0.1, 0.15) is 11.9 Å². The lowest BCUT2D eigenvalue weighted by atomic mass is 10.0. The van der Waals surface area contributed by atoms with Crippen LogP contribution in [0.5, 0.6) is 5.75 Å². The van der Waals surface area contributed by atoms with Crippen molar-refractivity contribution >= 4 is 63.9 Å². The molecule has 0 aliphatic carbocycles. The third kappa shape index (κ3) is 5.70. The SMILES string of the molecule is O=C(CCCOc1ccc(Cl)cc1Cl)NN1C(=O)c2cc(Cl)ccc2NC1c1ccc(Cl)cc1. The summed E-state index contributed by atoms with van der Waals surface area (Å²) in [6.45, 7) is 0.264. The first-order valence-corrected chi connectivity index (χ1v) is 11.9. The van der Waals surface area contributed by atoms with Gasteiger partial charge in [0.2, 0.25) is 5.91 Å². The van der Waals surface area contributed by atoms with Gasteiger partial charge in [-0.3, -0.25) is 15.0 Å². The van der Waals surface area contributed by atoms with Gasteiger partial charge in [0.05, 0.1) is 17.2 Å². The molecule has 1 aliphatic rings. The van der Waals surface area contributed by atoms with Gasteiger partial charge in [-0.2, -0.15) is 0 Å². The highest BCUT2D eigenvalue weighted by Gasteiger charge is 2.34. The molecule has 2 amide bonds. The van der Waals surface area contributed by atoms with E-state index in [9.17, 15) is 9.59 Å². The summed E-state index contributed by atoms with van der Waals surface area (Å²) in [6.07, 6.45) is -0.0922. The fourth-order valence-electron chi connectivity index (χ4n) is 3.47. The predicted octanol–water partition coefficient (Wildman–Crippen LogP) is 6.76. The van der Waals surface area contributed by atoms with Crippen LogP contribution in [0.3, 0.4) is 0 Å². The van der Waals surface area contributed by atoms with E-state index in [0.29, 0.717) is 43.5 Å². The van der Waals surface area contributed by atoms with Crippen molar-refractivity contribution in [3.63, 3.8) is 0 Å². The Morgan fingerprint density at radius 2 is 1.62 bits per heavy atom. The molecule has 6 nitrogen and oxygen atoms in total. The quantitative estimate of drug-likeness (QED) is 0.326. The number of anilines is 1. The van der Waals surface area contributed by atoms with Gasteiger partial charge in [0.25, 0.3) is 5.91 Å². The molecule has 1 aliphatic heterocycles. The maximum absolute atomic E-state index is 13.3. The van der Waals surface area contributed by atoms with Gasteiger partial charge in [-0.25, -0.2) is 5.01 Å². The lowest BCUT2D eigenvalue weighted by molar-refractivity contribution is -0.126. The van der Waals surface area contributed by atoms with Gasteiger partial charge >= 0.3 is 0 Å². The summed E-state index contributed by atoms with van der Waals surface area (Å²) in [5.41, 5.74) is 4.44. The van der Waals surface area contributed by atoms with Crippen molar-refractivity contribution < 1.29 is 14.3 Å². The van der Waals surface area contributed by atoms with Gasteiger partial charge in [-0.15, -0.1) is 0 Å².